The lowest BCUT2D eigenvalue weighted by atomic mass is 10.2. The van der Waals surface area contributed by atoms with E-state index in [-0.39, 0.29) is 0 Å². The van der Waals surface area contributed by atoms with E-state index in [2.05, 4.69) is 24.9 Å². The van der Waals surface area contributed by atoms with Gasteiger partial charge in [0.15, 0.2) is 0 Å². The third-order valence-electron chi connectivity index (χ3n) is 2.83. The number of thioether (sulfide) groups is 1. The van der Waals surface area contributed by atoms with Gasteiger partial charge >= 0.3 is 0 Å². The van der Waals surface area contributed by atoms with Crippen LogP contribution >= 0.6 is 11.8 Å². The van der Waals surface area contributed by atoms with Crippen molar-refractivity contribution in [3.63, 3.8) is 0 Å². The zero-order chi connectivity index (χ0) is 12.4. The van der Waals surface area contributed by atoms with E-state index in [0.717, 1.165) is 23.3 Å². The van der Waals surface area contributed by atoms with Crippen LogP contribution in [0.1, 0.15) is 26.0 Å². The smallest absolute Gasteiger partial charge is 0.0717 e. The molecule has 0 saturated carbocycles. The van der Waals surface area contributed by atoms with Gasteiger partial charge in [-0.15, -0.1) is 11.8 Å². The lowest BCUT2D eigenvalue weighted by molar-refractivity contribution is 0.906. The van der Waals surface area contributed by atoms with E-state index in [1.165, 1.54) is 10.3 Å². The van der Waals surface area contributed by atoms with Gasteiger partial charge in [-0.2, -0.15) is 0 Å². The number of fused-ring (bicyclic) bond motifs is 1. The van der Waals surface area contributed by atoms with Crippen LogP contribution in [0.2, 0.25) is 0 Å². The molecule has 90 valence electrons. The number of hydrogen-bond acceptors (Lipinski definition) is 3. The van der Waals surface area contributed by atoms with Gasteiger partial charge in [0.05, 0.1) is 5.52 Å². The first kappa shape index (κ1) is 12.2. The van der Waals surface area contributed by atoms with E-state index in [1.807, 2.05) is 36.9 Å². The Morgan fingerprint density at radius 1 is 1.35 bits per heavy atom. The second-order valence-electron chi connectivity index (χ2n) is 4.38. The van der Waals surface area contributed by atoms with Crippen molar-refractivity contribution >= 4 is 28.4 Å². The Morgan fingerprint density at radius 3 is 2.82 bits per heavy atom. The van der Waals surface area contributed by atoms with Gasteiger partial charge in [-0.3, -0.25) is 4.98 Å². The number of aryl methyl sites for hydroxylation is 1. The summed E-state index contributed by atoms with van der Waals surface area (Å²) < 4.78 is 0. The van der Waals surface area contributed by atoms with Crippen LogP contribution in [0, 0.1) is 6.92 Å². The number of pyridine rings is 1. The zero-order valence-corrected chi connectivity index (χ0v) is 11.3. The quantitative estimate of drug-likeness (QED) is 0.657. The molecule has 0 fully saturated rings. The molecule has 1 atom stereocenters. The highest BCUT2D eigenvalue weighted by Crippen LogP contribution is 2.32. The Hall–Kier alpha value is -1.22. The van der Waals surface area contributed by atoms with Gasteiger partial charge in [-0.05, 0) is 37.6 Å². The summed E-state index contributed by atoms with van der Waals surface area (Å²) in [4.78, 5) is 5.83. The van der Waals surface area contributed by atoms with Gasteiger partial charge in [0.25, 0.3) is 0 Å². The highest BCUT2D eigenvalue weighted by Gasteiger charge is 2.08. The number of rotatable bonds is 3. The largest absolute Gasteiger partial charge is 0.399 e. The number of aromatic nitrogens is 1. The molecule has 2 nitrogen and oxygen atoms in total. The average molecular weight is 246 g/mol. The maximum atomic E-state index is 5.86. The summed E-state index contributed by atoms with van der Waals surface area (Å²) in [6.45, 7) is 6.50. The fraction of sp³-hybridized carbons (Fsp3) is 0.357. The van der Waals surface area contributed by atoms with E-state index in [0.29, 0.717) is 5.25 Å². The van der Waals surface area contributed by atoms with Crippen LogP contribution in [-0.4, -0.2) is 10.2 Å². The Morgan fingerprint density at radius 2 is 2.12 bits per heavy atom. The Balaban J connectivity index is 2.55. The van der Waals surface area contributed by atoms with Gasteiger partial charge in [-0.25, -0.2) is 0 Å². The van der Waals surface area contributed by atoms with E-state index in [1.54, 1.807) is 0 Å². The first-order valence-electron chi connectivity index (χ1n) is 5.93. The van der Waals surface area contributed by atoms with Crippen molar-refractivity contribution in [2.45, 2.75) is 37.3 Å². The standard InChI is InChI=1S/C14H18N2S/c1-4-10(3)17-14-7-9(2)16-13-6-5-11(15)8-12(13)14/h5-8,10H,4,15H2,1-3H3. The van der Waals surface area contributed by atoms with Crippen LogP contribution in [0.3, 0.4) is 0 Å². The van der Waals surface area contributed by atoms with Gasteiger partial charge in [0.1, 0.15) is 0 Å². The minimum absolute atomic E-state index is 0.612. The molecule has 1 unspecified atom stereocenters. The summed E-state index contributed by atoms with van der Waals surface area (Å²) in [6.07, 6.45) is 1.16. The van der Waals surface area contributed by atoms with Crippen LogP contribution < -0.4 is 5.73 Å². The summed E-state index contributed by atoms with van der Waals surface area (Å²) in [5.41, 5.74) is 8.75. The number of nitrogens with zero attached hydrogens (tertiary/aromatic N) is 1. The third-order valence-corrected chi connectivity index (χ3v) is 4.15. The molecule has 0 spiro atoms. The molecule has 0 saturated heterocycles. The molecule has 1 heterocycles. The number of benzene rings is 1. The Kier molecular flexibility index (Phi) is 3.57. The number of hydrogen-bond donors (Lipinski definition) is 1. The number of nitrogen functional groups attached to an aromatic ring is 1. The topological polar surface area (TPSA) is 38.9 Å². The summed E-state index contributed by atoms with van der Waals surface area (Å²) in [5.74, 6) is 0. The molecule has 17 heavy (non-hydrogen) atoms. The fourth-order valence-corrected chi connectivity index (χ4v) is 2.87. The predicted octanol–water partition coefficient (Wildman–Crippen LogP) is 4.02. The van der Waals surface area contributed by atoms with Crippen molar-refractivity contribution in [3.8, 4) is 0 Å². The molecule has 1 aromatic heterocycles. The molecule has 1 aromatic carbocycles. The van der Waals surface area contributed by atoms with Gasteiger partial charge < -0.3 is 5.73 Å². The van der Waals surface area contributed by atoms with Crippen LogP contribution in [-0.2, 0) is 0 Å². The molecular weight excluding hydrogens is 228 g/mol. The minimum Gasteiger partial charge on any atom is -0.399 e. The van der Waals surface area contributed by atoms with E-state index in [9.17, 15) is 0 Å². The van der Waals surface area contributed by atoms with Crippen molar-refractivity contribution < 1.29 is 0 Å². The van der Waals surface area contributed by atoms with Crippen molar-refractivity contribution in [2.75, 3.05) is 5.73 Å². The van der Waals surface area contributed by atoms with Crippen molar-refractivity contribution in [2.24, 2.45) is 0 Å². The van der Waals surface area contributed by atoms with Crippen molar-refractivity contribution in [1.29, 1.82) is 0 Å². The van der Waals surface area contributed by atoms with Gasteiger partial charge in [-0.1, -0.05) is 13.8 Å². The maximum Gasteiger partial charge on any atom is 0.0717 e. The van der Waals surface area contributed by atoms with Crippen molar-refractivity contribution in [1.82, 2.24) is 4.98 Å². The Bertz CT molecular complexity index is 537. The predicted molar refractivity (Wildman–Crippen MR) is 76.5 cm³/mol. The summed E-state index contributed by atoms with van der Waals surface area (Å²) in [7, 11) is 0. The first-order chi connectivity index (χ1) is 8.10. The van der Waals surface area contributed by atoms with Crippen molar-refractivity contribution in [3.05, 3.63) is 30.0 Å². The summed E-state index contributed by atoms with van der Waals surface area (Å²) in [6, 6.07) is 8.08. The molecule has 0 amide bonds. The lowest BCUT2D eigenvalue weighted by Crippen LogP contribution is -1.95. The average Bonchev–Trinajstić information content (AvgIpc) is 2.29. The highest BCUT2D eigenvalue weighted by atomic mass is 32.2. The van der Waals surface area contributed by atoms with Crippen LogP contribution in [0.5, 0.6) is 0 Å². The fourth-order valence-electron chi connectivity index (χ4n) is 1.74. The molecule has 2 N–H and O–H groups in total. The van der Waals surface area contributed by atoms with E-state index < -0.39 is 0 Å². The lowest BCUT2D eigenvalue weighted by Gasteiger charge is -2.12. The Labute approximate surface area is 107 Å². The molecular formula is C14H18N2S. The summed E-state index contributed by atoms with van der Waals surface area (Å²) >= 11 is 1.90. The first-order valence-corrected chi connectivity index (χ1v) is 6.81. The van der Waals surface area contributed by atoms with Crippen LogP contribution in [0.15, 0.2) is 29.2 Å². The molecule has 2 rings (SSSR count). The zero-order valence-electron chi connectivity index (χ0n) is 10.5. The van der Waals surface area contributed by atoms with Crippen LogP contribution in [0.4, 0.5) is 5.69 Å². The van der Waals surface area contributed by atoms with Gasteiger partial charge in [0, 0.05) is 26.9 Å². The third kappa shape index (κ3) is 2.72. The maximum absolute atomic E-state index is 5.86. The molecule has 0 bridgehead atoms. The van der Waals surface area contributed by atoms with Gasteiger partial charge in [0.2, 0.25) is 0 Å². The van der Waals surface area contributed by atoms with E-state index in [4.69, 9.17) is 5.73 Å². The molecule has 0 radical (unpaired) electrons. The van der Waals surface area contributed by atoms with E-state index >= 15 is 0 Å². The monoisotopic (exact) mass is 246 g/mol. The molecule has 0 aliphatic rings. The molecule has 0 aliphatic carbocycles. The molecule has 0 aliphatic heterocycles. The SMILES string of the molecule is CCC(C)Sc1cc(C)nc2ccc(N)cc12. The highest BCUT2D eigenvalue weighted by molar-refractivity contribution is 8.00. The normalized spacial score (nSPS) is 12.9. The second-order valence-corrected chi connectivity index (χ2v) is 5.86. The second kappa shape index (κ2) is 4.96. The number of anilines is 1. The molecule has 2 aromatic rings. The minimum atomic E-state index is 0.612. The molecule has 3 heteroatoms. The van der Waals surface area contributed by atoms with Crippen LogP contribution in [0.25, 0.3) is 10.9 Å². The number of nitrogens with two attached hydrogens (primary N) is 1. The summed E-state index contributed by atoms with van der Waals surface area (Å²) in [5, 5.41) is 1.78.